The molecule has 0 aliphatic heterocycles. The van der Waals surface area contributed by atoms with Gasteiger partial charge in [0, 0.05) is 10.6 Å². The second-order valence-corrected chi connectivity index (χ2v) is 8.22. The van der Waals surface area contributed by atoms with Crippen molar-refractivity contribution in [1.82, 2.24) is 4.72 Å². The van der Waals surface area contributed by atoms with E-state index < -0.39 is 32.9 Å². The molecule has 10 heteroatoms. The minimum Gasteiger partial charge on any atom is -0.291 e. The number of alkyl halides is 3. The largest absolute Gasteiger partial charge is 0.405 e. The van der Waals surface area contributed by atoms with Gasteiger partial charge in [0.25, 0.3) is 0 Å². The SMILES string of the molecule is Cc1ccc(SCC(NS(=O)(=O)c2ccccc2NO)C(F)(F)F)cc1. The molecule has 0 aromatic heterocycles. The molecule has 2 rings (SSSR count). The molecule has 5 nitrogen and oxygen atoms in total. The number of halogens is 3. The smallest absolute Gasteiger partial charge is 0.291 e. The zero-order chi connectivity index (χ0) is 19.4. The van der Waals surface area contributed by atoms with Gasteiger partial charge in [-0.05, 0) is 31.2 Å². The number of benzene rings is 2. The topological polar surface area (TPSA) is 78.4 Å². The lowest BCUT2D eigenvalue weighted by Crippen LogP contribution is -2.47. The van der Waals surface area contributed by atoms with E-state index in [0.29, 0.717) is 4.90 Å². The van der Waals surface area contributed by atoms with Crippen LogP contribution in [0.4, 0.5) is 18.9 Å². The monoisotopic (exact) mass is 406 g/mol. The molecule has 0 fully saturated rings. The Morgan fingerprint density at radius 3 is 2.31 bits per heavy atom. The van der Waals surface area contributed by atoms with Crippen molar-refractivity contribution < 1.29 is 26.8 Å². The average Bonchev–Trinajstić information content (AvgIpc) is 2.59. The van der Waals surface area contributed by atoms with Gasteiger partial charge >= 0.3 is 6.18 Å². The molecule has 0 saturated heterocycles. The van der Waals surface area contributed by atoms with Crippen LogP contribution in [-0.2, 0) is 10.0 Å². The van der Waals surface area contributed by atoms with Crippen molar-refractivity contribution in [3.05, 3.63) is 54.1 Å². The van der Waals surface area contributed by atoms with E-state index in [2.05, 4.69) is 0 Å². The summed E-state index contributed by atoms with van der Waals surface area (Å²) < 4.78 is 66.3. The van der Waals surface area contributed by atoms with Crippen LogP contribution in [-0.4, -0.2) is 31.6 Å². The summed E-state index contributed by atoms with van der Waals surface area (Å²) in [6.45, 7) is 1.85. The molecule has 3 N–H and O–H groups in total. The summed E-state index contributed by atoms with van der Waals surface area (Å²) in [4.78, 5) is 0.124. The van der Waals surface area contributed by atoms with E-state index in [4.69, 9.17) is 5.21 Å². The summed E-state index contributed by atoms with van der Waals surface area (Å²) in [6.07, 6.45) is -4.77. The van der Waals surface area contributed by atoms with Gasteiger partial charge in [0.15, 0.2) is 0 Å². The van der Waals surface area contributed by atoms with Crippen LogP contribution in [0.3, 0.4) is 0 Å². The van der Waals surface area contributed by atoms with Gasteiger partial charge in [0.2, 0.25) is 10.0 Å². The Labute approximate surface area is 153 Å². The fourth-order valence-corrected chi connectivity index (χ4v) is 4.50. The highest BCUT2D eigenvalue weighted by Gasteiger charge is 2.42. The Kier molecular flexibility index (Phi) is 6.56. The highest BCUT2D eigenvalue weighted by Crippen LogP contribution is 2.29. The molecule has 1 atom stereocenters. The standard InChI is InChI=1S/C16H17F3N2O3S2/c1-11-6-8-12(9-7-11)25-10-15(16(17,18)19)21-26(23,24)14-5-3-2-4-13(14)20-22/h2-9,15,20-22H,10H2,1H3. The molecule has 0 aliphatic carbocycles. The maximum Gasteiger partial charge on any atom is 0.405 e. The first-order valence-electron chi connectivity index (χ1n) is 7.41. The Hall–Kier alpha value is -1.75. The van der Waals surface area contributed by atoms with E-state index in [9.17, 15) is 21.6 Å². The molecule has 142 valence electrons. The molecule has 0 radical (unpaired) electrons. The molecule has 0 saturated carbocycles. The predicted molar refractivity (Wildman–Crippen MR) is 93.9 cm³/mol. The Morgan fingerprint density at radius 2 is 1.73 bits per heavy atom. The molecule has 0 amide bonds. The summed E-state index contributed by atoms with van der Waals surface area (Å²) in [6, 6.07) is 9.70. The van der Waals surface area contributed by atoms with E-state index in [1.165, 1.54) is 18.2 Å². The van der Waals surface area contributed by atoms with Crippen molar-refractivity contribution >= 4 is 27.5 Å². The zero-order valence-electron chi connectivity index (χ0n) is 13.6. The van der Waals surface area contributed by atoms with E-state index >= 15 is 0 Å². The number of rotatable bonds is 7. The number of sulfonamides is 1. The summed E-state index contributed by atoms with van der Waals surface area (Å²) in [5.74, 6) is -0.527. The molecule has 0 heterocycles. The van der Waals surface area contributed by atoms with Crippen LogP contribution in [0.1, 0.15) is 5.56 Å². The molecular weight excluding hydrogens is 389 g/mol. The average molecular weight is 406 g/mol. The van der Waals surface area contributed by atoms with Crippen LogP contribution < -0.4 is 10.2 Å². The van der Waals surface area contributed by atoms with Crippen molar-refractivity contribution in [1.29, 1.82) is 0 Å². The third kappa shape index (κ3) is 5.37. The molecule has 0 spiro atoms. The van der Waals surface area contributed by atoms with Crippen LogP contribution in [0.5, 0.6) is 0 Å². The van der Waals surface area contributed by atoms with Crippen LogP contribution in [0.2, 0.25) is 0 Å². The van der Waals surface area contributed by atoms with Crippen LogP contribution in [0, 0.1) is 6.92 Å². The lowest BCUT2D eigenvalue weighted by atomic mass is 10.2. The van der Waals surface area contributed by atoms with Crippen LogP contribution in [0.25, 0.3) is 0 Å². The number of thioether (sulfide) groups is 1. The van der Waals surface area contributed by atoms with Gasteiger partial charge in [-0.15, -0.1) is 11.8 Å². The van der Waals surface area contributed by atoms with Gasteiger partial charge in [0.1, 0.15) is 10.9 Å². The summed E-state index contributed by atoms with van der Waals surface area (Å²) in [5, 5.41) is 8.98. The van der Waals surface area contributed by atoms with Gasteiger partial charge in [-0.3, -0.25) is 10.7 Å². The van der Waals surface area contributed by atoms with Crippen molar-refractivity contribution in [2.45, 2.75) is 28.9 Å². The van der Waals surface area contributed by atoms with Crippen molar-refractivity contribution in [2.75, 3.05) is 11.2 Å². The normalized spacial score (nSPS) is 13.4. The van der Waals surface area contributed by atoms with E-state index in [1.54, 1.807) is 34.5 Å². The molecule has 0 aliphatic rings. The van der Waals surface area contributed by atoms with Crippen molar-refractivity contribution in [3.8, 4) is 0 Å². The number of anilines is 1. The third-order valence-electron chi connectivity index (χ3n) is 3.43. The molecule has 2 aromatic rings. The molecule has 1 unspecified atom stereocenters. The lowest BCUT2D eigenvalue weighted by Gasteiger charge is -2.22. The highest BCUT2D eigenvalue weighted by atomic mass is 32.2. The molecular formula is C16H17F3N2O3S2. The van der Waals surface area contributed by atoms with E-state index in [-0.39, 0.29) is 5.69 Å². The van der Waals surface area contributed by atoms with Gasteiger partial charge in [-0.25, -0.2) is 8.42 Å². The number of aryl methyl sites for hydroxylation is 1. The molecule has 0 bridgehead atoms. The maximum atomic E-state index is 13.3. The third-order valence-corrected chi connectivity index (χ3v) is 6.06. The van der Waals surface area contributed by atoms with Gasteiger partial charge < -0.3 is 0 Å². The van der Waals surface area contributed by atoms with Gasteiger partial charge in [0.05, 0.1) is 5.69 Å². The first kappa shape index (κ1) is 20.6. The Balaban J connectivity index is 2.20. The highest BCUT2D eigenvalue weighted by molar-refractivity contribution is 7.99. The minimum absolute atomic E-state index is 0.216. The zero-order valence-corrected chi connectivity index (χ0v) is 15.3. The number of para-hydroxylation sites is 1. The second-order valence-electron chi connectivity index (χ2n) is 5.45. The van der Waals surface area contributed by atoms with Crippen molar-refractivity contribution in [3.63, 3.8) is 0 Å². The van der Waals surface area contributed by atoms with E-state index in [1.807, 2.05) is 6.92 Å². The number of hydrogen-bond acceptors (Lipinski definition) is 5. The van der Waals surface area contributed by atoms with Crippen LogP contribution >= 0.6 is 11.8 Å². The number of hydrogen-bond donors (Lipinski definition) is 3. The van der Waals surface area contributed by atoms with E-state index in [0.717, 1.165) is 23.4 Å². The number of nitrogens with one attached hydrogen (secondary N) is 2. The summed E-state index contributed by atoms with van der Waals surface area (Å²) in [7, 11) is -4.50. The fraction of sp³-hybridized carbons (Fsp3) is 0.250. The maximum absolute atomic E-state index is 13.3. The molecule has 2 aromatic carbocycles. The van der Waals surface area contributed by atoms with Gasteiger partial charge in [-0.1, -0.05) is 29.8 Å². The first-order valence-corrected chi connectivity index (χ1v) is 9.88. The minimum atomic E-state index is -4.77. The quantitative estimate of drug-likeness (QED) is 0.482. The summed E-state index contributed by atoms with van der Waals surface area (Å²) >= 11 is 0.898. The first-order chi connectivity index (χ1) is 12.1. The second kappa shape index (κ2) is 8.30. The summed E-state index contributed by atoms with van der Waals surface area (Å²) in [5.41, 5.74) is 2.42. The lowest BCUT2D eigenvalue weighted by molar-refractivity contribution is -0.145. The van der Waals surface area contributed by atoms with Crippen LogP contribution in [0.15, 0.2) is 58.3 Å². The Bertz CT molecular complexity index is 841. The Morgan fingerprint density at radius 1 is 1.12 bits per heavy atom. The van der Waals surface area contributed by atoms with Gasteiger partial charge in [-0.2, -0.15) is 17.9 Å². The van der Waals surface area contributed by atoms with Crippen molar-refractivity contribution in [2.24, 2.45) is 0 Å². The predicted octanol–water partition coefficient (Wildman–Crippen LogP) is 3.80. The fourth-order valence-electron chi connectivity index (χ4n) is 2.05. The molecule has 26 heavy (non-hydrogen) atoms.